The summed E-state index contributed by atoms with van der Waals surface area (Å²) in [5.41, 5.74) is 0. The lowest BCUT2D eigenvalue weighted by molar-refractivity contribution is -0.0807. The Hall–Kier alpha value is 0.617. The molecule has 0 aromatic carbocycles. The van der Waals surface area contributed by atoms with Crippen LogP contribution < -0.4 is 0 Å². The number of hydrogen-bond acceptors (Lipinski definition) is 2. The van der Waals surface area contributed by atoms with E-state index in [4.69, 9.17) is 9.47 Å². The van der Waals surface area contributed by atoms with Gasteiger partial charge in [0, 0.05) is 13.2 Å². The largest absolute Gasteiger partial charge is 0.356 e. The minimum absolute atomic E-state index is 0.0417. The molecule has 0 aliphatic rings. The molecule has 2 radical (unpaired) electrons. The van der Waals surface area contributed by atoms with Gasteiger partial charge in [-0.1, -0.05) is 0 Å². The zero-order valence-electron chi connectivity index (χ0n) is 5.69. The molecule has 9 heavy (non-hydrogen) atoms. The smallest absolute Gasteiger partial charge is 0.210 e. The first kappa shape index (κ1) is 9.62. The van der Waals surface area contributed by atoms with Gasteiger partial charge in [-0.15, -0.1) is 15.3 Å². The molecule has 0 N–H and O–H groups in total. The predicted molar refractivity (Wildman–Crippen MR) is 41.7 cm³/mol. The van der Waals surface area contributed by atoms with Crippen LogP contribution in [0.4, 0.5) is 0 Å². The summed E-state index contributed by atoms with van der Waals surface area (Å²) in [7, 11) is 0.531. The number of hydrogen-bond donors (Lipinski definition) is 0. The summed E-state index contributed by atoms with van der Waals surface area (Å²) in [5.74, 6) is -0.0417. The minimum Gasteiger partial charge on any atom is -0.356 e. The predicted octanol–water partition coefficient (Wildman–Crippen LogP) is 1.36. The van der Waals surface area contributed by atoms with E-state index in [0.29, 0.717) is 21.4 Å². The van der Waals surface area contributed by atoms with Gasteiger partial charge in [0.2, 0.25) is 8.14 Å². The van der Waals surface area contributed by atoms with Crippen LogP contribution in [0, 0.1) is 0 Å². The summed E-state index contributed by atoms with van der Waals surface area (Å²) < 4.78 is 10.3. The zero-order chi connectivity index (χ0) is 7.11. The highest BCUT2D eigenvalue weighted by atomic mass is 79.9. The van der Waals surface area contributed by atoms with Crippen molar-refractivity contribution in [3.8, 4) is 0 Å². The van der Waals surface area contributed by atoms with Crippen molar-refractivity contribution in [2.45, 2.75) is 19.8 Å². The van der Waals surface area contributed by atoms with Crippen LogP contribution in [0.2, 0.25) is 0 Å². The van der Waals surface area contributed by atoms with Crippen LogP contribution in [-0.2, 0) is 9.47 Å². The van der Waals surface area contributed by atoms with E-state index in [1.807, 2.05) is 13.8 Å². The molecule has 0 aliphatic carbocycles. The lowest BCUT2D eigenvalue weighted by Gasteiger charge is -2.11. The molecule has 4 heteroatoms. The molecule has 0 atom stereocenters. The van der Waals surface area contributed by atoms with Gasteiger partial charge < -0.3 is 9.47 Å². The first-order valence-corrected chi connectivity index (χ1v) is 6.27. The molecule has 0 saturated heterocycles. The quantitative estimate of drug-likeness (QED) is 0.388. The molecule has 0 heterocycles. The number of halogens is 1. The van der Waals surface area contributed by atoms with E-state index in [-0.39, 0.29) is 5.91 Å². The van der Waals surface area contributed by atoms with Gasteiger partial charge in [0.25, 0.3) is 0 Å². The van der Waals surface area contributed by atoms with Crippen molar-refractivity contribution < 1.29 is 9.47 Å². The van der Waals surface area contributed by atoms with E-state index < -0.39 is 0 Å². The maximum Gasteiger partial charge on any atom is 0.210 e. The van der Waals surface area contributed by atoms with Gasteiger partial charge >= 0.3 is 0 Å². The van der Waals surface area contributed by atoms with E-state index in [1.165, 1.54) is 0 Å². The molecule has 0 amide bonds. The van der Waals surface area contributed by atoms with Crippen LogP contribution in [0.1, 0.15) is 13.8 Å². The first-order valence-electron chi connectivity index (χ1n) is 2.94. The SMILES string of the molecule is CCOC(OCC)[Si]Br. The Labute approximate surface area is 66.3 Å². The van der Waals surface area contributed by atoms with Gasteiger partial charge in [-0.3, -0.25) is 0 Å². The molecule has 0 rings (SSSR count). The maximum atomic E-state index is 5.17. The molecule has 0 unspecified atom stereocenters. The fourth-order valence-electron chi connectivity index (χ4n) is 0.414. The lowest BCUT2D eigenvalue weighted by atomic mass is 10.9. The molecule has 0 bridgehead atoms. The van der Waals surface area contributed by atoms with Crippen LogP contribution in [0.3, 0.4) is 0 Å². The lowest BCUT2D eigenvalue weighted by Crippen LogP contribution is -2.20. The molecule has 0 spiro atoms. The zero-order valence-corrected chi connectivity index (χ0v) is 8.27. The van der Waals surface area contributed by atoms with E-state index in [2.05, 4.69) is 15.3 Å². The van der Waals surface area contributed by atoms with Crippen LogP contribution in [0.15, 0.2) is 0 Å². The molecule has 2 nitrogen and oxygen atoms in total. The average molecular weight is 211 g/mol. The van der Waals surface area contributed by atoms with Gasteiger partial charge in [-0.2, -0.15) is 0 Å². The Bertz CT molecular complexity index is 56.9. The Morgan fingerprint density at radius 1 is 1.33 bits per heavy atom. The van der Waals surface area contributed by atoms with E-state index in [0.717, 1.165) is 0 Å². The average Bonchev–Trinajstić information content (AvgIpc) is 1.88. The highest BCUT2D eigenvalue weighted by Crippen LogP contribution is 1.95. The summed E-state index contributed by atoms with van der Waals surface area (Å²) in [4.78, 5) is 0. The van der Waals surface area contributed by atoms with Crippen molar-refractivity contribution >= 4 is 23.4 Å². The van der Waals surface area contributed by atoms with Crippen LogP contribution in [0.25, 0.3) is 0 Å². The monoisotopic (exact) mass is 210 g/mol. The normalized spacial score (nSPS) is 10.7. The van der Waals surface area contributed by atoms with E-state index in [1.54, 1.807) is 0 Å². The van der Waals surface area contributed by atoms with Gasteiger partial charge in [-0.25, -0.2) is 0 Å². The topological polar surface area (TPSA) is 18.5 Å². The Morgan fingerprint density at radius 2 is 1.78 bits per heavy atom. The second kappa shape index (κ2) is 6.73. The number of ether oxygens (including phenoxy) is 2. The van der Waals surface area contributed by atoms with Crippen molar-refractivity contribution in [1.29, 1.82) is 0 Å². The second-order valence-corrected chi connectivity index (χ2v) is 3.41. The molecular formula is C5H11BrO2Si. The fraction of sp³-hybridized carbons (Fsp3) is 1.00. The van der Waals surface area contributed by atoms with E-state index >= 15 is 0 Å². The Kier molecular flexibility index (Phi) is 7.19. The Morgan fingerprint density at radius 3 is 2.00 bits per heavy atom. The third-order valence-electron chi connectivity index (χ3n) is 0.725. The van der Waals surface area contributed by atoms with Gasteiger partial charge in [0.05, 0.1) is 0 Å². The van der Waals surface area contributed by atoms with Crippen molar-refractivity contribution in [1.82, 2.24) is 0 Å². The van der Waals surface area contributed by atoms with Crippen molar-refractivity contribution in [2.75, 3.05) is 13.2 Å². The standard InChI is InChI=1S/C5H11BrO2Si/c1-3-7-5(9-6)8-4-2/h5H,3-4H2,1-2H3. The highest BCUT2D eigenvalue weighted by Gasteiger charge is 2.04. The third kappa shape index (κ3) is 5.08. The van der Waals surface area contributed by atoms with Crippen molar-refractivity contribution in [3.63, 3.8) is 0 Å². The van der Waals surface area contributed by atoms with Gasteiger partial charge in [-0.05, 0) is 13.8 Å². The maximum absolute atomic E-state index is 5.17. The van der Waals surface area contributed by atoms with Crippen LogP contribution in [-0.4, -0.2) is 27.3 Å². The van der Waals surface area contributed by atoms with Crippen molar-refractivity contribution in [3.05, 3.63) is 0 Å². The Balaban J connectivity index is 3.18. The molecule has 0 aliphatic heterocycles. The third-order valence-corrected chi connectivity index (χ3v) is 2.36. The van der Waals surface area contributed by atoms with Crippen LogP contribution >= 0.6 is 15.3 Å². The fourth-order valence-corrected chi connectivity index (χ4v) is 1.67. The number of rotatable bonds is 5. The van der Waals surface area contributed by atoms with Gasteiger partial charge in [0.1, 0.15) is 0 Å². The molecular weight excluding hydrogens is 200 g/mol. The summed E-state index contributed by atoms with van der Waals surface area (Å²) in [6.45, 7) is 5.34. The summed E-state index contributed by atoms with van der Waals surface area (Å²) in [6, 6.07) is 0. The highest BCUT2D eigenvalue weighted by molar-refractivity contribution is 9.23. The molecule has 0 aromatic rings. The van der Waals surface area contributed by atoms with E-state index in [9.17, 15) is 0 Å². The molecule has 0 fully saturated rings. The first-order chi connectivity index (χ1) is 4.35. The summed E-state index contributed by atoms with van der Waals surface area (Å²) in [5, 5.41) is 0. The summed E-state index contributed by atoms with van der Waals surface area (Å²) in [6.07, 6.45) is 0. The molecule has 0 aromatic heterocycles. The minimum atomic E-state index is -0.0417. The summed E-state index contributed by atoms with van der Waals surface area (Å²) >= 11 is 3.30. The van der Waals surface area contributed by atoms with Gasteiger partial charge in [0.15, 0.2) is 5.91 Å². The molecule has 54 valence electrons. The second-order valence-electron chi connectivity index (χ2n) is 1.35. The van der Waals surface area contributed by atoms with Crippen LogP contribution in [0.5, 0.6) is 0 Å². The van der Waals surface area contributed by atoms with Crippen molar-refractivity contribution in [2.24, 2.45) is 0 Å². The molecule has 0 saturated carbocycles.